The Hall–Kier alpha value is -4.44. The molecule has 2 aromatic carbocycles. The summed E-state index contributed by atoms with van der Waals surface area (Å²) in [5.74, 6) is -0.840. The van der Waals surface area contributed by atoms with Gasteiger partial charge in [0.1, 0.15) is 17.4 Å². The number of hydrogen-bond donors (Lipinski definition) is 3. The molecular weight excluding hydrogens is 486 g/mol. The van der Waals surface area contributed by atoms with E-state index in [1.807, 2.05) is 0 Å². The van der Waals surface area contributed by atoms with E-state index in [4.69, 9.17) is 21.7 Å². The molecule has 0 saturated carbocycles. The maximum Gasteiger partial charge on any atom is 0.343 e. The van der Waals surface area contributed by atoms with Gasteiger partial charge in [-0.15, -0.1) is 0 Å². The van der Waals surface area contributed by atoms with Gasteiger partial charge in [0.25, 0.3) is 11.8 Å². The van der Waals surface area contributed by atoms with Crippen LogP contribution >= 0.6 is 11.6 Å². The van der Waals surface area contributed by atoms with Crippen LogP contribution < -0.4 is 15.4 Å². The second kappa shape index (κ2) is 11.8. The van der Waals surface area contributed by atoms with Gasteiger partial charge in [-0.25, -0.2) is 9.78 Å². The van der Waals surface area contributed by atoms with Crippen LogP contribution in [0.25, 0.3) is 0 Å². The van der Waals surface area contributed by atoms with Crippen molar-refractivity contribution < 1.29 is 23.9 Å². The number of amides is 2. The molecule has 0 saturated heterocycles. The molecule has 3 aromatic rings. The fraction of sp³-hybridized carbons (Fsp3) is 0.160. The van der Waals surface area contributed by atoms with Crippen molar-refractivity contribution in [2.45, 2.75) is 0 Å². The summed E-state index contributed by atoms with van der Waals surface area (Å²) in [5, 5.41) is 13.8. The van der Waals surface area contributed by atoms with Crippen molar-refractivity contribution >= 4 is 46.7 Å². The highest BCUT2D eigenvalue weighted by Crippen LogP contribution is 2.24. The summed E-state index contributed by atoms with van der Waals surface area (Å²) < 4.78 is 9.96. The lowest BCUT2D eigenvalue weighted by atomic mass is 10.1. The normalized spacial score (nSPS) is 10.2. The van der Waals surface area contributed by atoms with Crippen molar-refractivity contribution in [3.05, 3.63) is 82.5 Å². The summed E-state index contributed by atoms with van der Waals surface area (Å²) >= 11 is 5.85. The molecule has 0 bridgehead atoms. The van der Waals surface area contributed by atoms with E-state index in [1.54, 1.807) is 49.3 Å². The molecular formula is C25H24ClN5O5. The minimum absolute atomic E-state index is 0.0773. The van der Waals surface area contributed by atoms with Crippen LogP contribution in [0.4, 0.5) is 11.5 Å². The summed E-state index contributed by atoms with van der Waals surface area (Å²) in [5.41, 5.74) is 1.27. The van der Waals surface area contributed by atoms with Gasteiger partial charge in [-0.1, -0.05) is 23.7 Å². The first-order chi connectivity index (χ1) is 17.2. The van der Waals surface area contributed by atoms with E-state index in [0.29, 0.717) is 22.0 Å². The van der Waals surface area contributed by atoms with Gasteiger partial charge < -0.3 is 25.0 Å². The number of methoxy groups -OCH3 is 1. The number of pyridine rings is 1. The maximum atomic E-state index is 13.1. The Bertz CT molecular complexity index is 1280. The number of nitrogens with zero attached hydrogens (tertiary/aromatic N) is 2. The number of nitrogens with one attached hydrogen (secondary N) is 3. The lowest BCUT2D eigenvalue weighted by molar-refractivity contribution is -0.142. The molecule has 0 aliphatic heterocycles. The highest BCUT2D eigenvalue weighted by molar-refractivity contribution is 6.30. The number of carbonyl (C=O) groups excluding carboxylic acids is 3. The van der Waals surface area contributed by atoms with Crippen LogP contribution in [-0.4, -0.2) is 61.3 Å². The van der Waals surface area contributed by atoms with Gasteiger partial charge in [0, 0.05) is 31.4 Å². The first kappa shape index (κ1) is 26.2. The van der Waals surface area contributed by atoms with Crippen LogP contribution in [0.2, 0.25) is 5.02 Å². The highest BCUT2D eigenvalue weighted by atomic mass is 35.5. The topological polar surface area (TPSA) is 134 Å². The molecule has 0 aliphatic carbocycles. The second-order valence-electron chi connectivity index (χ2n) is 7.66. The lowest BCUT2D eigenvalue weighted by Gasteiger charge is -2.15. The minimum atomic E-state index is -0.588. The van der Waals surface area contributed by atoms with Gasteiger partial charge in [-0.05, 0) is 42.5 Å². The summed E-state index contributed by atoms with van der Waals surface area (Å²) in [7, 11) is 4.75. The van der Waals surface area contributed by atoms with E-state index in [0.717, 1.165) is 0 Å². The van der Waals surface area contributed by atoms with Gasteiger partial charge in [0.05, 0.1) is 23.4 Å². The minimum Gasteiger partial charge on any atom is -0.482 e. The molecule has 36 heavy (non-hydrogen) atoms. The predicted molar refractivity (Wildman–Crippen MR) is 136 cm³/mol. The Kier molecular flexibility index (Phi) is 8.58. The number of ether oxygens (including phenoxy) is 2. The van der Waals surface area contributed by atoms with Gasteiger partial charge in [-0.3, -0.25) is 15.0 Å². The molecule has 1 heterocycles. The number of carbonyl (C=O) groups is 3. The number of rotatable bonds is 8. The zero-order valence-electron chi connectivity index (χ0n) is 19.8. The maximum absolute atomic E-state index is 13.1. The van der Waals surface area contributed by atoms with E-state index >= 15 is 0 Å². The van der Waals surface area contributed by atoms with Crippen LogP contribution in [0.15, 0.2) is 60.8 Å². The standard InChI is InChI=1S/C25H24ClN5O5/c1-31(2)23(27)15-4-6-16(7-5-15)24(33)29-20-10-9-18(36-14-22(32)35-3)12-19(20)25(34)30-21-11-8-17(26)13-28-21/h4-13,27H,14H2,1-3H3,(H,29,33)(H,28,30,34). The average Bonchev–Trinajstić information content (AvgIpc) is 2.88. The Morgan fingerprint density at radius 3 is 2.28 bits per heavy atom. The predicted octanol–water partition coefficient (Wildman–Crippen LogP) is 3.68. The average molecular weight is 510 g/mol. The number of hydrogen-bond acceptors (Lipinski definition) is 7. The molecule has 3 rings (SSSR count). The van der Waals surface area contributed by atoms with Crippen LogP contribution in [0.3, 0.4) is 0 Å². The van der Waals surface area contributed by atoms with Crippen molar-refractivity contribution in [1.29, 1.82) is 5.41 Å². The monoisotopic (exact) mass is 509 g/mol. The molecule has 11 heteroatoms. The number of halogens is 1. The molecule has 10 nitrogen and oxygen atoms in total. The van der Waals surface area contributed by atoms with E-state index in [-0.39, 0.29) is 29.4 Å². The zero-order chi connectivity index (χ0) is 26.2. The smallest absolute Gasteiger partial charge is 0.343 e. The third-order valence-electron chi connectivity index (χ3n) is 4.90. The van der Waals surface area contributed by atoms with Crippen LogP contribution in [0.5, 0.6) is 5.75 Å². The number of amidine groups is 1. The molecule has 0 fully saturated rings. The largest absolute Gasteiger partial charge is 0.482 e. The van der Waals surface area contributed by atoms with Crippen molar-refractivity contribution in [2.75, 3.05) is 38.4 Å². The van der Waals surface area contributed by atoms with Gasteiger partial charge in [0.15, 0.2) is 6.61 Å². The quantitative estimate of drug-likeness (QED) is 0.239. The summed E-state index contributed by atoms with van der Waals surface area (Å²) in [6.07, 6.45) is 1.38. The van der Waals surface area contributed by atoms with Crippen molar-refractivity contribution in [3.8, 4) is 5.75 Å². The van der Waals surface area contributed by atoms with Gasteiger partial charge in [-0.2, -0.15) is 0 Å². The Balaban J connectivity index is 1.85. The van der Waals surface area contributed by atoms with Crippen LogP contribution in [-0.2, 0) is 9.53 Å². The van der Waals surface area contributed by atoms with Crippen molar-refractivity contribution in [1.82, 2.24) is 9.88 Å². The Morgan fingerprint density at radius 2 is 1.67 bits per heavy atom. The van der Waals surface area contributed by atoms with E-state index in [9.17, 15) is 14.4 Å². The van der Waals surface area contributed by atoms with Crippen LogP contribution in [0.1, 0.15) is 26.3 Å². The van der Waals surface area contributed by atoms with Gasteiger partial charge in [0.2, 0.25) is 0 Å². The zero-order valence-corrected chi connectivity index (χ0v) is 20.6. The SMILES string of the molecule is COC(=O)COc1ccc(NC(=O)c2ccc(C(=N)N(C)C)cc2)c(C(=O)Nc2ccc(Cl)cn2)c1. The second-order valence-corrected chi connectivity index (χ2v) is 8.10. The molecule has 0 unspecified atom stereocenters. The summed E-state index contributed by atoms with van der Waals surface area (Å²) in [6.45, 7) is -0.351. The first-order valence-corrected chi connectivity index (χ1v) is 11.0. The van der Waals surface area contributed by atoms with E-state index in [1.165, 1.54) is 37.6 Å². The number of anilines is 2. The Morgan fingerprint density at radius 1 is 0.972 bits per heavy atom. The summed E-state index contributed by atoms with van der Waals surface area (Å²) in [4.78, 5) is 43.1. The van der Waals surface area contributed by atoms with E-state index < -0.39 is 17.8 Å². The molecule has 0 atom stereocenters. The molecule has 0 radical (unpaired) electrons. The molecule has 0 aliphatic rings. The molecule has 2 amide bonds. The van der Waals surface area contributed by atoms with E-state index in [2.05, 4.69) is 20.4 Å². The molecule has 3 N–H and O–H groups in total. The van der Waals surface area contributed by atoms with Crippen molar-refractivity contribution in [2.24, 2.45) is 0 Å². The third-order valence-corrected chi connectivity index (χ3v) is 5.13. The number of benzene rings is 2. The summed E-state index contributed by atoms with van der Waals surface area (Å²) in [6, 6.07) is 14.0. The van der Waals surface area contributed by atoms with Gasteiger partial charge >= 0.3 is 5.97 Å². The number of esters is 1. The van der Waals surface area contributed by atoms with Crippen LogP contribution in [0, 0.1) is 5.41 Å². The molecule has 1 aromatic heterocycles. The van der Waals surface area contributed by atoms with Crippen molar-refractivity contribution in [3.63, 3.8) is 0 Å². The fourth-order valence-electron chi connectivity index (χ4n) is 2.98. The third kappa shape index (κ3) is 6.80. The lowest BCUT2D eigenvalue weighted by Crippen LogP contribution is -2.22. The fourth-order valence-corrected chi connectivity index (χ4v) is 3.09. The highest BCUT2D eigenvalue weighted by Gasteiger charge is 2.18. The number of aromatic nitrogens is 1. The Labute approximate surface area is 212 Å². The molecule has 0 spiro atoms. The first-order valence-electron chi connectivity index (χ1n) is 10.6. The molecule has 186 valence electrons.